The van der Waals surface area contributed by atoms with Crippen LogP contribution >= 0.6 is 0 Å². The van der Waals surface area contributed by atoms with Gasteiger partial charge in [0, 0.05) is 31.0 Å². The Morgan fingerprint density at radius 1 is 1.30 bits per heavy atom. The molecule has 1 aliphatic rings. The lowest BCUT2D eigenvalue weighted by Crippen LogP contribution is -2.25. The van der Waals surface area contributed by atoms with Gasteiger partial charge in [0.05, 0.1) is 18.6 Å². The Labute approximate surface area is 174 Å². The van der Waals surface area contributed by atoms with E-state index in [2.05, 4.69) is 5.32 Å². The van der Waals surface area contributed by atoms with Crippen LogP contribution < -0.4 is 5.32 Å². The van der Waals surface area contributed by atoms with Gasteiger partial charge in [-0.15, -0.1) is 0 Å². The average molecular weight is 415 g/mol. The highest BCUT2D eigenvalue weighted by Crippen LogP contribution is 2.29. The Bertz CT molecular complexity index is 898. The van der Waals surface area contributed by atoms with E-state index in [1.807, 2.05) is 18.2 Å². The number of carbonyl (C=O) groups excluding carboxylic acids is 1. The van der Waals surface area contributed by atoms with Crippen LogP contribution in [0.15, 0.2) is 42.5 Å². The summed E-state index contributed by atoms with van der Waals surface area (Å²) in [5.41, 5.74) is 1.89. The van der Waals surface area contributed by atoms with Crippen LogP contribution in [-0.4, -0.2) is 42.9 Å². The van der Waals surface area contributed by atoms with Gasteiger partial charge in [-0.1, -0.05) is 12.1 Å². The summed E-state index contributed by atoms with van der Waals surface area (Å²) in [6, 6.07) is 11.5. The van der Waals surface area contributed by atoms with Gasteiger partial charge in [-0.25, -0.2) is 5.06 Å². The van der Waals surface area contributed by atoms with Gasteiger partial charge in [0.2, 0.25) is 0 Å². The Morgan fingerprint density at radius 3 is 2.83 bits per heavy atom. The molecule has 2 aromatic rings. The molecule has 1 saturated heterocycles. The maximum atomic E-state index is 12.3. The number of nitrogens with one attached hydrogen (secondary N) is 1. The number of hydroxylamine groups is 2. The van der Waals surface area contributed by atoms with Crippen LogP contribution in [0.1, 0.15) is 35.2 Å². The molecule has 160 valence electrons. The second-order valence-corrected chi connectivity index (χ2v) is 6.91. The highest BCUT2D eigenvalue weighted by atomic mass is 16.7. The molecule has 1 N–H and O–H groups in total. The number of amides is 1. The molecule has 1 unspecified atom stereocenters. The molecule has 0 radical (unpaired) electrons. The molecule has 0 spiro atoms. The molecule has 1 fully saturated rings. The third-order valence-electron chi connectivity index (χ3n) is 4.78. The normalized spacial score (nSPS) is 16.1. The number of benzene rings is 2. The predicted molar refractivity (Wildman–Crippen MR) is 110 cm³/mol. The van der Waals surface area contributed by atoms with Gasteiger partial charge in [0.25, 0.3) is 11.6 Å². The van der Waals surface area contributed by atoms with E-state index in [0.717, 1.165) is 29.9 Å². The lowest BCUT2D eigenvalue weighted by Gasteiger charge is -2.22. The zero-order valence-electron chi connectivity index (χ0n) is 17.0. The SMILES string of the molecule is CON(C)C(=O)c1ccc([N+](=O)[O-])c(Nc2cccc(COC3CCCCO3)c2)c1. The number of anilines is 2. The number of nitrogens with zero attached hydrogens (tertiary/aromatic N) is 2. The molecule has 0 saturated carbocycles. The van der Waals surface area contributed by atoms with Crippen molar-refractivity contribution in [1.82, 2.24) is 5.06 Å². The molecule has 1 aliphatic heterocycles. The van der Waals surface area contributed by atoms with Gasteiger partial charge in [-0.05, 0) is 49.1 Å². The molecule has 1 amide bonds. The van der Waals surface area contributed by atoms with E-state index in [9.17, 15) is 14.9 Å². The molecule has 3 rings (SSSR count). The highest BCUT2D eigenvalue weighted by molar-refractivity contribution is 5.95. The molecular formula is C21H25N3O6. The van der Waals surface area contributed by atoms with E-state index in [0.29, 0.717) is 18.9 Å². The second-order valence-electron chi connectivity index (χ2n) is 6.91. The molecule has 2 aromatic carbocycles. The van der Waals surface area contributed by atoms with Crippen LogP contribution in [-0.2, 0) is 20.9 Å². The van der Waals surface area contributed by atoms with Crippen LogP contribution in [0.3, 0.4) is 0 Å². The van der Waals surface area contributed by atoms with Crippen molar-refractivity contribution in [3.63, 3.8) is 0 Å². The maximum Gasteiger partial charge on any atom is 0.292 e. The van der Waals surface area contributed by atoms with Gasteiger partial charge in [-0.2, -0.15) is 0 Å². The summed E-state index contributed by atoms with van der Waals surface area (Å²) in [6.45, 7) is 1.09. The number of ether oxygens (including phenoxy) is 2. The van der Waals surface area contributed by atoms with E-state index in [1.54, 1.807) is 6.07 Å². The Morgan fingerprint density at radius 2 is 2.13 bits per heavy atom. The summed E-state index contributed by atoms with van der Waals surface area (Å²) in [6.07, 6.45) is 2.82. The van der Waals surface area contributed by atoms with Crippen molar-refractivity contribution in [2.24, 2.45) is 0 Å². The van der Waals surface area contributed by atoms with Gasteiger partial charge < -0.3 is 14.8 Å². The van der Waals surface area contributed by atoms with Crippen molar-refractivity contribution < 1.29 is 24.0 Å². The standard InChI is InChI=1S/C21H25N3O6/c1-23(28-2)21(25)16-9-10-19(24(26)27)18(13-16)22-17-7-5-6-15(12-17)14-30-20-8-3-4-11-29-20/h5-7,9-10,12-13,20,22H,3-4,8,11,14H2,1-2H3. The zero-order chi connectivity index (χ0) is 21.5. The predicted octanol–water partition coefficient (Wildman–Crippen LogP) is 4.02. The summed E-state index contributed by atoms with van der Waals surface area (Å²) in [7, 11) is 2.84. The fourth-order valence-corrected chi connectivity index (χ4v) is 3.12. The second kappa shape index (κ2) is 10.1. The minimum absolute atomic E-state index is 0.135. The van der Waals surface area contributed by atoms with Crippen LogP contribution in [0.25, 0.3) is 0 Å². The Balaban J connectivity index is 1.77. The van der Waals surface area contributed by atoms with Crippen molar-refractivity contribution in [3.05, 3.63) is 63.7 Å². The monoisotopic (exact) mass is 415 g/mol. The van der Waals surface area contributed by atoms with Crippen LogP contribution in [0.2, 0.25) is 0 Å². The summed E-state index contributed by atoms with van der Waals surface area (Å²) in [5.74, 6) is -0.412. The van der Waals surface area contributed by atoms with Crippen molar-refractivity contribution in [2.45, 2.75) is 32.2 Å². The van der Waals surface area contributed by atoms with Gasteiger partial charge in [0.1, 0.15) is 5.69 Å². The van der Waals surface area contributed by atoms with Crippen molar-refractivity contribution >= 4 is 23.0 Å². The van der Waals surface area contributed by atoms with Crippen molar-refractivity contribution in [3.8, 4) is 0 Å². The smallest absolute Gasteiger partial charge is 0.292 e. The van der Waals surface area contributed by atoms with Crippen LogP contribution in [0, 0.1) is 10.1 Å². The fourth-order valence-electron chi connectivity index (χ4n) is 3.12. The zero-order valence-corrected chi connectivity index (χ0v) is 17.0. The number of rotatable bonds is 8. The quantitative estimate of drug-likeness (QED) is 0.513. The summed E-state index contributed by atoms with van der Waals surface area (Å²) in [4.78, 5) is 28.2. The molecule has 1 heterocycles. The van der Waals surface area contributed by atoms with E-state index >= 15 is 0 Å². The van der Waals surface area contributed by atoms with E-state index in [-0.39, 0.29) is 23.2 Å². The third kappa shape index (κ3) is 5.53. The van der Waals surface area contributed by atoms with Crippen LogP contribution in [0.4, 0.5) is 17.1 Å². The first-order valence-corrected chi connectivity index (χ1v) is 9.67. The first kappa shape index (κ1) is 21.7. The number of hydrogen-bond donors (Lipinski definition) is 1. The van der Waals surface area contributed by atoms with Gasteiger partial charge in [0.15, 0.2) is 6.29 Å². The molecular weight excluding hydrogens is 390 g/mol. The summed E-state index contributed by atoms with van der Waals surface area (Å²) >= 11 is 0. The number of carbonyl (C=O) groups is 1. The number of hydrogen-bond acceptors (Lipinski definition) is 7. The minimum Gasteiger partial charge on any atom is -0.353 e. The lowest BCUT2D eigenvalue weighted by molar-refractivity contribution is -0.383. The molecule has 0 bridgehead atoms. The largest absolute Gasteiger partial charge is 0.353 e. The maximum absolute atomic E-state index is 12.3. The third-order valence-corrected chi connectivity index (χ3v) is 4.78. The molecule has 9 nitrogen and oxygen atoms in total. The van der Waals surface area contributed by atoms with Gasteiger partial charge in [-0.3, -0.25) is 19.7 Å². The van der Waals surface area contributed by atoms with E-state index in [1.165, 1.54) is 32.4 Å². The number of nitro groups is 1. The fraction of sp³-hybridized carbons (Fsp3) is 0.381. The Kier molecular flexibility index (Phi) is 7.34. The first-order chi connectivity index (χ1) is 14.5. The molecule has 0 aromatic heterocycles. The van der Waals surface area contributed by atoms with E-state index in [4.69, 9.17) is 14.3 Å². The van der Waals surface area contributed by atoms with Gasteiger partial charge >= 0.3 is 0 Å². The molecule has 30 heavy (non-hydrogen) atoms. The molecule has 0 aliphatic carbocycles. The minimum atomic E-state index is -0.496. The summed E-state index contributed by atoms with van der Waals surface area (Å²) < 4.78 is 11.4. The lowest BCUT2D eigenvalue weighted by atomic mass is 10.1. The first-order valence-electron chi connectivity index (χ1n) is 9.67. The summed E-state index contributed by atoms with van der Waals surface area (Å²) in [5, 5.41) is 15.5. The van der Waals surface area contributed by atoms with E-state index < -0.39 is 10.8 Å². The average Bonchev–Trinajstić information content (AvgIpc) is 2.77. The number of nitro benzene ring substituents is 1. The molecule has 1 atom stereocenters. The van der Waals surface area contributed by atoms with Crippen molar-refractivity contribution in [2.75, 3.05) is 26.1 Å². The Hall–Kier alpha value is -3.01. The van der Waals surface area contributed by atoms with Crippen molar-refractivity contribution in [1.29, 1.82) is 0 Å². The van der Waals surface area contributed by atoms with Crippen LogP contribution in [0.5, 0.6) is 0 Å². The highest BCUT2D eigenvalue weighted by Gasteiger charge is 2.19. The topological polar surface area (TPSA) is 103 Å². The molecule has 9 heteroatoms.